The lowest BCUT2D eigenvalue weighted by Gasteiger charge is -2.57. The second kappa shape index (κ2) is 4.80. The van der Waals surface area contributed by atoms with Crippen LogP contribution in [0.25, 0.3) is 0 Å². The Kier molecular flexibility index (Phi) is 3.43. The average Bonchev–Trinajstić information content (AvgIpc) is 2.80. The van der Waals surface area contributed by atoms with Crippen molar-refractivity contribution in [3.63, 3.8) is 0 Å². The smallest absolute Gasteiger partial charge is 0.331 e. The van der Waals surface area contributed by atoms with Crippen LogP contribution in [0.5, 0.6) is 0 Å². The Morgan fingerprint density at radius 3 is 2.81 bits per heavy atom. The third-order valence-corrected chi connectivity index (χ3v) is 6.17. The van der Waals surface area contributed by atoms with Gasteiger partial charge in [-0.25, -0.2) is 4.79 Å². The van der Waals surface area contributed by atoms with Gasteiger partial charge in [-0.15, -0.1) is 0 Å². The first-order valence-electron chi connectivity index (χ1n) is 7.61. The topological polar surface area (TPSA) is 76.0 Å². The quantitative estimate of drug-likeness (QED) is 0.812. The molecule has 1 spiro atoms. The Hall–Kier alpha value is -0.910. The zero-order valence-electron chi connectivity index (χ0n) is 12.8. The lowest BCUT2D eigenvalue weighted by Crippen LogP contribution is -2.58. The number of aliphatic hydroxyl groups is 1. The summed E-state index contributed by atoms with van der Waals surface area (Å²) in [6, 6.07) is 0. The first kappa shape index (κ1) is 15.0. The van der Waals surface area contributed by atoms with E-state index >= 15 is 0 Å². The largest absolute Gasteiger partial charge is 0.478 e. The molecule has 0 unspecified atom stereocenters. The SMILES string of the molecule is CO[C@H]1OC[C@H]2C(C(=O)O)=CC[C@H]3C(C)(C)[C@@H](O)CC[C@]123. The molecular weight excluding hydrogens is 272 g/mol. The maximum Gasteiger partial charge on any atom is 0.331 e. The molecule has 1 heterocycles. The number of carbonyl (C=O) groups is 1. The fourth-order valence-electron chi connectivity index (χ4n) is 5.03. The first-order valence-corrected chi connectivity index (χ1v) is 7.61. The van der Waals surface area contributed by atoms with Crippen molar-refractivity contribution in [2.75, 3.05) is 13.7 Å². The predicted octanol–water partition coefficient (Wildman–Crippen LogP) is 1.80. The van der Waals surface area contributed by atoms with Crippen molar-refractivity contribution in [2.24, 2.45) is 22.7 Å². The number of hydrogen-bond donors (Lipinski definition) is 2. The average molecular weight is 296 g/mol. The van der Waals surface area contributed by atoms with Crippen LogP contribution in [0.1, 0.15) is 33.1 Å². The van der Waals surface area contributed by atoms with Gasteiger partial charge in [0.05, 0.1) is 12.7 Å². The summed E-state index contributed by atoms with van der Waals surface area (Å²) in [6.45, 7) is 4.54. The van der Waals surface area contributed by atoms with Gasteiger partial charge in [0.2, 0.25) is 0 Å². The van der Waals surface area contributed by atoms with E-state index in [1.165, 1.54) is 0 Å². The maximum absolute atomic E-state index is 11.6. The molecule has 21 heavy (non-hydrogen) atoms. The van der Waals surface area contributed by atoms with Gasteiger partial charge in [-0.1, -0.05) is 19.9 Å². The summed E-state index contributed by atoms with van der Waals surface area (Å²) >= 11 is 0. The summed E-state index contributed by atoms with van der Waals surface area (Å²) in [5.74, 6) is -0.845. The fraction of sp³-hybridized carbons (Fsp3) is 0.812. The van der Waals surface area contributed by atoms with Crippen LogP contribution in [0.15, 0.2) is 11.6 Å². The van der Waals surface area contributed by atoms with Crippen molar-refractivity contribution >= 4 is 5.97 Å². The monoisotopic (exact) mass is 296 g/mol. The van der Waals surface area contributed by atoms with Crippen molar-refractivity contribution in [3.05, 3.63) is 11.6 Å². The summed E-state index contributed by atoms with van der Waals surface area (Å²) in [4.78, 5) is 11.6. The standard InChI is InChI=1S/C16H24O5/c1-15(2)11-5-4-9(13(18)19)10-8-21-14(20-3)16(10,11)7-6-12(15)17/h4,10-12,14,17H,5-8H2,1-3H3,(H,18,19)/t10-,11-,12-,14-,16-/m0/s1. The number of rotatable bonds is 2. The second-order valence-corrected chi connectivity index (χ2v) is 7.19. The van der Waals surface area contributed by atoms with Crippen LogP contribution in [0.2, 0.25) is 0 Å². The molecule has 0 aromatic rings. The number of carboxylic acid groups (broad SMARTS) is 1. The highest BCUT2D eigenvalue weighted by molar-refractivity contribution is 5.87. The van der Waals surface area contributed by atoms with Crippen molar-refractivity contribution in [1.82, 2.24) is 0 Å². The fourth-order valence-corrected chi connectivity index (χ4v) is 5.03. The van der Waals surface area contributed by atoms with Crippen LogP contribution in [-0.4, -0.2) is 42.3 Å². The normalized spacial score (nSPS) is 44.7. The number of ether oxygens (including phenoxy) is 2. The van der Waals surface area contributed by atoms with E-state index in [1.807, 2.05) is 6.08 Å². The van der Waals surface area contributed by atoms with E-state index in [0.717, 1.165) is 6.42 Å². The van der Waals surface area contributed by atoms with Crippen molar-refractivity contribution in [1.29, 1.82) is 0 Å². The summed E-state index contributed by atoms with van der Waals surface area (Å²) in [5, 5.41) is 19.9. The van der Waals surface area contributed by atoms with E-state index in [0.29, 0.717) is 25.0 Å². The van der Waals surface area contributed by atoms with E-state index in [9.17, 15) is 15.0 Å². The number of allylic oxidation sites excluding steroid dienone is 1. The third-order valence-electron chi connectivity index (χ3n) is 6.17. The minimum atomic E-state index is -0.859. The van der Waals surface area contributed by atoms with Gasteiger partial charge >= 0.3 is 5.97 Å². The van der Waals surface area contributed by atoms with Gasteiger partial charge in [0.15, 0.2) is 6.29 Å². The molecule has 1 saturated heterocycles. The molecule has 5 heteroatoms. The molecule has 0 radical (unpaired) electrons. The number of methoxy groups -OCH3 is 1. The molecule has 1 saturated carbocycles. The van der Waals surface area contributed by atoms with E-state index in [-0.39, 0.29) is 35.1 Å². The van der Waals surface area contributed by atoms with Crippen LogP contribution >= 0.6 is 0 Å². The Bertz CT molecular complexity index is 483. The van der Waals surface area contributed by atoms with Gasteiger partial charge < -0.3 is 19.7 Å². The Balaban J connectivity index is 2.11. The number of carboxylic acids is 1. The van der Waals surface area contributed by atoms with E-state index in [4.69, 9.17) is 9.47 Å². The minimum absolute atomic E-state index is 0.148. The van der Waals surface area contributed by atoms with Crippen molar-refractivity contribution < 1.29 is 24.5 Å². The van der Waals surface area contributed by atoms with E-state index in [2.05, 4.69) is 13.8 Å². The van der Waals surface area contributed by atoms with Crippen LogP contribution < -0.4 is 0 Å². The van der Waals surface area contributed by atoms with Crippen molar-refractivity contribution in [3.8, 4) is 0 Å². The van der Waals surface area contributed by atoms with Crippen molar-refractivity contribution in [2.45, 2.75) is 45.5 Å². The highest BCUT2D eigenvalue weighted by Gasteiger charge is 2.65. The zero-order valence-corrected chi connectivity index (χ0v) is 12.8. The zero-order chi connectivity index (χ0) is 15.4. The van der Waals surface area contributed by atoms with Gasteiger partial charge in [-0.05, 0) is 30.6 Å². The Morgan fingerprint density at radius 2 is 2.19 bits per heavy atom. The third kappa shape index (κ3) is 1.84. The predicted molar refractivity (Wildman–Crippen MR) is 75.5 cm³/mol. The molecule has 3 rings (SSSR count). The molecule has 1 aliphatic heterocycles. The molecular formula is C16H24O5. The number of hydrogen-bond acceptors (Lipinski definition) is 4. The molecule has 2 N–H and O–H groups in total. The summed E-state index contributed by atoms with van der Waals surface area (Å²) in [6.07, 6.45) is 3.14. The molecule has 0 aromatic heterocycles. The van der Waals surface area contributed by atoms with E-state index < -0.39 is 5.97 Å². The molecule has 0 amide bonds. The first-order chi connectivity index (χ1) is 9.85. The lowest BCUT2D eigenvalue weighted by molar-refractivity contribution is -0.210. The second-order valence-electron chi connectivity index (χ2n) is 7.19. The van der Waals surface area contributed by atoms with Crippen LogP contribution in [-0.2, 0) is 14.3 Å². The molecule has 0 bridgehead atoms. The molecule has 0 aromatic carbocycles. The number of aliphatic hydroxyl groups excluding tert-OH is 1. The van der Waals surface area contributed by atoms with Crippen LogP contribution in [0, 0.1) is 22.7 Å². The Labute approximate surface area is 124 Å². The van der Waals surface area contributed by atoms with E-state index in [1.54, 1.807) is 7.11 Å². The molecule has 118 valence electrons. The van der Waals surface area contributed by atoms with Gasteiger partial charge in [-0.2, -0.15) is 0 Å². The summed E-state index contributed by atoms with van der Waals surface area (Å²) in [5.41, 5.74) is -0.153. The highest BCUT2D eigenvalue weighted by Crippen LogP contribution is 2.64. The molecule has 5 atom stereocenters. The summed E-state index contributed by atoms with van der Waals surface area (Å²) in [7, 11) is 1.62. The molecule has 3 aliphatic rings. The Morgan fingerprint density at radius 1 is 1.48 bits per heavy atom. The molecule has 2 fully saturated rings. The maximum atomic E-state index is 11.6. The van der Waals surface area contributed by atoms with Gasteiger partial charge in [0.25, 0.3) is 0 Å². The minimum Gasteiger partial charge on any atom is -0.478 e. The van der Waals surface area contributed by atoms with Gasteiger partial charge in [0.1, 0.15) is 0 Å². The number of aliphatic carboxylic acids is 1. The summed E-state index contributed by atoms with van der Waals surface area (Å²) < 4.78 is 11.4. The van der Waals surface area contributed by atoms with Gasteiger partial charge in [0, 0.05) is 24.0 Å². The molecule has 5 nitrogen and oxygen atoms in total. The van der Waals surface area contributed by atoms with Crippen LogP contribution in [0.3, 0.4) is 0 Å². The van der Waals surface area contributed by atoms with Crippen LogP contribution in [0.4, 0.5) is 0 Å². The highest BCUT2D eigenvalue weighted by atomic mass is 16.7. The van der Waals surface area contributed by atoms with Gasteiger partial charge in [-0.3, -0.25) is 0 Å². The molecule has 2 aliphatic carbocycles. The lowest BCUT2D eigenvalue weighted by atomic mass is 9.47.